The molecule has 7 heteroatoms. The van der Waals surface area contributed by atoms with E-state index in [0.717, 1.165) is 5.56 Å². The summed E-state index contributed by atoms with van der Waals surface area (Å²) in [5.74, 6) is -1.40. The number of carbonyl (C=O) groups is 2. The maximum absolute atomic E-state index is 13.1. The Hall–Kier alpha value is -4.65. The highest BCUT2D eigenvalue weighted by Crippen LogP contribution is 2.17. The van der Waals surface area contributed by atoms with Crippen LogP contribution in [0.4, 0.5) is 10.1 Å². The fourth-order valence-corrected chi connectivity index (χ4v) is 3.12. The zero-order valence-corrected chi connectivity index (χ0v) is 17.4. The summed E-state index contributed by atoms with van der Waals surface area (Å²) in [5, 5.41) is 7.02. The molecular formula is C26H19FN4O2. The molecule has 2 N–H and O–H groups in total. The number of halogens is 1. The molecule has 3 aromatic carbocycles. The van der Waals surface area contributed by atoms with Gasteiger partial charge in [0.15, 0.2) is 0 Å². The molecule has 2 amide bonds. The number of hydrogen-bond acceptors (Lipinski definition) is 4. The van der Waals surface area contributed by atoms with E-state index in [2.05, 4.69) is 20.8 Å². The Labute approximate surface area is 189 Å². The topological polar surface area (TPSA) is 83.5 Å². The first kappa shape index (κ1) is 21.6. The second-order valence-electron chi connectivity index (χ2n) is 6.99. The first-order valence-electron chi connectivity index (χ1n) is 10.1. The number of rotatable bonds is 6. The summed E-state index contributed by atoms with van der Waals surface area (Å²) >= 11 is 0. The summed E-state index contributed by atoms with van der Waals surface area (Å²) in [6.07, 6.45) is 1.65. The van der Waals surface area contributed by atoms with Crippen molar-refractivity contribution in [2.75, 3.05) is 5.32 Å². The standard InChI is InChI=1S/C26H19FN4O2/c27-20-15-13-19(14-16-20)25(32)29-22-11-5-4-10-21(22)26(33)31-30-24(18-8-2-1-3-9-18)23-12-6-7-17-28-23/h1-17H,(H,29,32)(H,31,33)/b30-24+. The van der Waals surface area contributed by atoms with Gasteiger partial charge >= 0.3 is 0 Å². The Morgan fingerprint density at radius 1 is 0.727 bits per heavy atom. The van der Waals surface area contributed by atoms with Gasteiger partial charge < -0.3 is 5.32 Å². The van der Waals surface area contributed by atoms with E-state index in [4.69, 9.17) is 0 Å². The van der Waals surface area contributed by atoms with Crippen LogP contribution < -0.4 is 10.7 Å². The maximum Gasteiger partial charge on any atom is 0.273 e. The third-order valence-corrected chi connectivity index (χ3v) is 4.75. The summed E-state index contributed by atoms with van der Waals surface area (Å²) in [6, 6.07) is 26.5. The van der Waals surface area contributed by atoms with Crippen molar-refractivity contribution in [3.8, 4) is 0 Å². The minimum atomic E-state index is -0.505. The highest BCUT2D eigenvalue weighted by atomic mass is 19.1. The zero-order chi connectivity index (χ0) is 23.0. The molecule has 0 spiro atoms. The third-order valence-electron chi connectivity index (χ3n) is 4.75. The van der Waals surface area contributed by atoms with Crippen LogP contribution in [-0.4, -0.2) is 22.5 Å². The number of carbonyl (C=O) groups excluding carboxylic acids is 2. The molecule has 0 aliphatic carbocycles. The normalized spacial score (nSPS) is 11.0. The van der Waals surface area contributed by atoms with E-state index < -0.39 is 17.6 Å². The Kier molecular flexibility index (Phi) is 6.61. The van der Waals surface area contributed by atoms with Gasteiger partial charge in [-0.1, -0.05) is 48.5 Å². The fourth-order valence-electron chi connectivity index (χ4n) is 3.12. The van der Waals surface area contributed by atoms with E-state index in [0.29, 0.717) is 17.1 Å². The Balaban J connectivity index is 1.58. The van der Waals surface area contributed by atoms with Gasteiger partial charge in [0.25, 0.3) is 11.8 Å². The number of nitrogens with zero attached hydrogens (tertiary/aromatic N) is 2. The van der Waals surface area contributed by atoms with E-state index in [1.165, 1.54) is 24.3 Å². The van der Waals surface area contributed by atoms with Crippen LogP contribution in [-0.2, 0) is 0 Å². The Morgan fingerprint density at radius 2 is 1.42 bits per heavy atom. The number of aromatic nitrogens is 1. The van der Waals surface area contributed by atoms with Crippen molar-refractivity contribution in [1.82, 2.24) is 10.4 Å². The summed E-state index contributed by atoms with van der Waals surface area (Å²) in [6.45, 7) is 0. The number of pyridine rings is 1. The highest BCUT2D eigenvalue weighted by molar-refractivity contribution is 6.13. The maximum atomic E-state index is 13.1. The molecule has 0 fully saturated rings. The van der Waals surface area contributed by atoms with Crippen LogP contribution in [0.3, 0.4) is 0 Å². The lowest BCUT2D eigenvalue weighted by Crippen LogP contribution is -2.23. The number of hydrogen-bond donors (Lipinski definition) is 2. The zero-order valence-electron chi connectivity index (χ0n) is 17.4. The largest absolute Gasteiger partial charge is 0.321 e. The van der Waals surface area contributed by atoms with Crippen LogP contribution in [0.15, 0.2) is 108 Å². The number of nitrogens with one attached hydrogen (secondary N) is 2. The van der Waals surface area contributed by atoms with Crippen LogP contribution in [0.1, 0.15) is 32.0 Å². The number of amides is 2. The quantitative estimate of drug-likeness (QED) is 0.339. The van der Waals surface area contributed by atoms with Gasteiger partial charge in [-0.25, -0.2) is 9.82 Å². The molecule has 4 aromatic rings. The van der Waals surface area contributed by atoms with Gasteiger partial charge in [0.1, 0.15) is 11.5 Å². The molecule has 162 valence electrons. The van der Waals surface area contributed by atoms with Crippen LogP contribution in [0.5, 0.6) is 0 Å². The molecule has 6 nitrogen and oxygen atoms in total. The molecule has 1 aromatic heterocycles. The van der Waals surface area contributed by atoms with Crippen molar-refractivity contribution in [2.45, 2.75) is 0 Å². The lowest BCUT2D eigenvalue weighted by molar-refractivity contribution is 0.0956. The van der Waals surface area contributed by atoms with E-state index in [-0.39, 0.29) is 11.1 Å². The van der Waals surface area contributed by atoms with E-state index >= 15 is 0 Å². The van der Waals surface area contributed by atoms with Crippen molar-refractivity contribution in [3.63, 3.8) is 0 Å². The van der Waals surface area contributed by atoms with Gasteiger partial charge in [-0.2, -0.15) is 5.10 Å². The number of benzene rings is 3. The summed E-state index contributed by atoms with van der Waals surface area (Å²) < 4.78 is 13.1. The molecule has 0 unspecified atom stereocenters. The van der Waals surface area contributed by atoms with Crippen LogP contribution in [0.25, 0.3) is 0 Å². The molecule has 0 saturated heterocycles. The predicted octanol–water partition coefficient (Wildman–Crippen LogP) is 4.66. The number of para-hydroxylation sites is 1. The van der Waals surface area contributed by atoms with Crippen molar-refractivity contribution in [3.05, 3.63) is 131 Å². The molecule has 0 atom stereocenters. The van der Waals surface area contributed by atoms with Crippen LogP contribution >= 0.6 is 0 Å². The lowest BCUT2D eigenvalue weighted by Gasteiger charge is -2.11. The van der Waals surface area contributed by atoms with Crippen molar-refractivity contribution in [2.24, 2.45) is 5.10 Å². The molecular weight excluding hydrogens is 419 g/mol. The molecule has 0 saturated carbocycles. The molecule has 33 heavy (non-hydrogen) atoms. The first-order valence-corrected chi connectivity index (χ1v) is 10.1. The Morgan fingerprint density at radius 3 is 2.15 bits per heavy atom. The molecule has 1 heterocycles. The fraction of sp³-hybridized carbons (Fsp3) is 0. The smallest absolute Gasteiger partial charge is 0.273 e. The second-order valence-corrected chi connectivity index (χ2v) is 6.99. The minimum Gasteiger partial charge on any atom is -0.321 e. The number of hydrazone groups is 1. The molecule has 4 rings (SSSR count). The average Bonchev–Trinajstić information content (AvgIpc) is 2.86. The van der Waals surface area contributed by atoms with Crippen molar-refractivity contribution >= 4 is 23.2 Å². The summed E-state index contributed by atoms with van der Waals surface area (Å²) in [4.78, 5) is 29.8. The first-order chi connectivity index (χ1) is 16.1. The summed E-state index contributed by atoms with van der Waals surface area (Å²) in [5.41, 5.74) is 5.25. The van der Waals surface area contributed by atoms with Gasteiger partial charge in [-0.3, -0.25) is 14.6 Å². The van der Waals surface area contributed by atoms with Gasteiger partial charge in [-0.05, 0) is 48.5 Å². The van der Waals surface area contributed by atoms with E-state index in [9.17, 15) is 14.0 Å². The van der Waals surface area contributed by atoms with Gasteiger partial charge in [-0.15, -0.1) is 0 Å². The monoisotopic (exact) mass is 438 g/mol. The Bertz CT molecular complexity index is 1250. The second kappa shape index (κ2) is 10.1. The predicted molar refractivity (Wildman–Crippen MR) is 125 cm³/mol. The van der Waals surface area contributed by atoms with Gasteiger partial charge in [0.05, 0.1) is 16.9 Å². The van der Waals surface area contributed by atoms with E-state index in [1.807, 2.05) is 36.4 Å². The van der Waals surface area contributed by atoms with Crippen molar-refractivity contribution < 1.29 is 14.0 Å². The third kappa shape index (κ3) is 5.34. The van der Waals surface area contributed by atoms with E-state index in [1.54, 1.807) is 42.6 Å². The SMILES string of the molecule is O=C(Nc1ccccc1C(=O)N/N=C(\c1ccccc1)c1ccccn1)c1ccc(F)cc1. The van der Waals surface area contributed by atoms with Gasteiger partial charge in [0, 0.05) is 17.3 Å². The van der Waals surface area contributed by atoms with Gasteiger partial charge in [0.2, 0.25) is 0 Å². The average molecular weight is 438 g/mol. The highest BCUT2D eigenvalue weighted by Gasteiger charge is 2.15. The molecule has 0 aliphatic heterocycles. The van der Waals surface area contributed by atoms with Crippen LogP contribution in [0, 0.1) is 5.82 Å². The number of anilines is 1. The van der Waals surface area contributed by atoms with Crippen molar-refractivity contribution in [1.29, 1.82) is 0 Å². The molecule has 0 aliphatic rings. The summed E-state index contributed by atoms with van der Waals surface area (Å²) in [7, 11) is 0. The minimum absolute atomic E-state index is 0.227. The molecule has 0 radical (unpaired) electrons. The molecule has 0 bridgehead atoms. The van der Waals surface area contributed by atoms with Crippen LogP contribution in [0.2, 0.25) is 0 Å². The lowest BCUT2D eigenvalue weighted by atomic mass is 10.1.